The van der Waals surface area contributed by atoms with Crippen LogP contribution in [0.15, 0.2) is 30.6 Å². The summed E-state index contributed by atoms with van der Waals surface area (Å²) in [6.07, 6.45) is 4.71. The molecule has 0 saturated carbocycles. The third-order valence-electron chi connectivity index (χ3n) is 4.45. The van der Waals surface area contributed by atoms with Crippen LogP contribution in [0.3, 0.4) is 0 Å². The second kappa shape index (κ2) is 7.26. The number of aryl methyl sites for hydroxylation is 2. The zero-order chi connectivity index (χ0) is 17.1. The van der Waals surface area contributed by atoms with Gasteiger partial charge in [-0.3, -0.25) is 9.48 Å². The number of rotatable bonds is 5. The largest absolute Gasteiger partial charge is 0.371 e. The van der Waals surface area contributed by atoms with Crippen LogP contribution in [0.4, 0.5) is 5.69 Å². The molecule has 5 nitrogen and oxygen atoms in total. The third kappa shape index (κ3) is 4.09. The molecule has 1 saturated heterocycles. The van der Waals surface area contributed by atoms with Crippen molar-refractivity contribution in [2.45, 2.75) is 26.8 Å². The number of carbonyl (C=O) groups excluding carboxylic acids is 1. The molecule has 1 aliphatic rings. The van der Waals surface area contributed by atoms with Crippen molar-refractivity contribution in [2.75, 3.05) is 24.5 Å². The van der Waals surface area contributed by atoms with E-state index in [1.54, 1.807) is 10.9 Å². The van der Waals surface area contributed by atoms with Crippen molar-refractivity contribution in [3.63, 3.8) is 0 Å². The highest BCUT2D eigenvalue weighted by molar-refractivity contribution is 6.30. The monoisotopic (exact) mass is 346 g/mol. The van der Waals surface area contributed by atoms with Crippen LogP contribution in [0.25, 0.3) is 0 Å². The third-order valence-corrected chi connectivity index (χ3v) is 4.69. The van der Waals surface area contributed by atoms with Gasteiger partial charge in [0.1, 0.15) is 6.54 Å². The molecule has 128 valence electrons. The first-order chi connectivity index (χ1) is 11.5. The maximum absolute atomic E-state index is 12.0. The molecule has 0 radical (unpaired) electrons. The molecule has 1 fully saturated rings. The van der Waals surface area contributed by atoms with Gasteiger partial charge in [0, 0.05) is 36.5 Å². The van der Waals surface area contributed by atoms with Crippen molar-refractivity contribution < 1.29 is 4.79 Å². The highest BCUT2D eigenvalue weighted by atomic mass is 35.5. The topological polar surface area (TPSA) is 50.2 Å². The van der Waals surface area contributed by atoms with Crippen molar-refractivity contribution in [1.82, 2.24) is 15.1 Å². The molecule has 0 unspecified atom stereocenters. The quantitative estimate of drug-likeness (QED) is 0.905. The van der Waals surface area contributed by atoms with Crippen molar-refractivity contribution >= 4 is 23.2 Å². The molecule has 0 aliphatic carbocycles. The minimum atomic E-state index is 0.00971. The average molecular weight is 347 g/mol. The van der Waals surface area contributed by atoms with E-state index in [2.05, 4.69) is 28.3 Å². The fraction of sp³-hybridized carbons (Fsp3) is 0.444. The minimum Gasteiger partial charge on any atom is -0.371 e. The molecule has 0 bridgehead atoms. The molecular weight excluding hydrogens is 324 g/mol. The van der Waals surface area contributed by atoms with E-state index >= 15 is 0 Å². The fourth-order valence-corrected chi connectivity index (χ4v) is 3.32. The van der Waals surface area contributed by atoms with E-state index in [0.29, 0.717) is 12.5 Å². The van der Waals surface area contributed by atoms with Gasteiger partial charge in [-0.25, -0.2) is 0 Å². The Kier molecular flexibility index (Phi) is 5.09. The summed E-state index contributed by atoms with van der Waals surface area (Å²) < 4.78 is 1.67. The van der Waals surface area contributed by atoms with Gasteiger partial charge in [0.05, 0.1) is 6.20 Å². The van der Waals surface area contributed by atoms with Gasteiger partial charge in [-0.2, -0.15) is 5.10 Å². The summed E-state index contributed by atoms with van der Waals surface area (Å²) in [7, 11) is 0. The number of halogens is 1. The van der Waals surface area contributed by atoms with Gasteiger partial charge in [-0.15, -0.1) is 0 Å². The Morgan fingerprint density at radius 3 is 3.00 bits per heavy atom. The molecule has 1 aromatic carbocycles. The first kappa shape index (κ1) is 16.8. The number of aromatic nitrogens is 2. The Morgan fingerprint density at radius 2 is 2.25 bits per heavy atom. The Balaban J connectivity index is 1.49. The molecule has 2 aromatic rings. The number of nitrogens with one attached hydrogen (secondary N) is 1. The number of benzene rings is 1. The van der Waals surface area contributed by atoms with Crippen molar-refractivity contribution in [3.05, 3.63) is 46.7 Å². The Morgan fingerprint density at radius 1 is 1.42 bits per heavy atom. The van der Waals surface area contributed by atoms with Gasteiger partial charge >= 0.3 is 0 Å². The predicted molar refractivity (Wildman–Crippen MR) is 96.5 cm³/mol. The predicted octanol–water partition coefficient (Wildman–Crippen LogP) is 2.80. The number of nitrogens with zero attached hydrogens (tertiary/aromatic N) is 3. The molecule has 1 aromatic heterocycles. The normalized spacial score (nSPS) is 17.3. The molecular formula is C18H23ClN4O. The van der Waals surface area contributed by atoms with E-state index in [1.165, 1.54) is 11.3 Å². The smallest absolute Gasteiger partial charge is 0.241 e. The first-order valence-corrected chi connectivity index (χ1v) is 8.66. The second-order valence-electron chi connectivity index (χ2n) is 6.55. The number of anilines is 1. The Labute approximate surface area is 147 Å². The van der Waals surface area contributed by atoms with Gasteiger partial charge in [-0.1, -0.05) is 17.7 Å². The summed E-state index contributed by atoms with van der Waals surface area (Å²) >= 11 is 6.12. The van der Waals surface area contributed by atoms with E-state index in [9.17, 15) is 4.79 Å². The Hall–Kier alpha value is -2.01. The summed E-state index contributed by atoms with van der Waals surface area (Å²) in [5, 5.41) is 7.93. The highest BCUT2D eigenvalue weighted by Crippen LogP contribution is 2.29. The van der Waals surface area contributed by atoms with E-state index < -0.39 is 0 Å². The van der Waals surface area contributed by atoms with Crippen LogP contribution in [0.1, 0.15) is 17.5 Å². The molecule has 3 rings (SSSR count). The Bertz CT molecular complexity index is 728. The molecule has 1 aliphatic heterocycles. The second-order valence-corrected chi connectivity index (χ2v) is 6.99. The van der Waals surface area contributed by atoms with E-state index in [0.717, 1.165) is 30.1 Å². The van der Waals surface area contributed by atoms with Gasteiger partial charge in [-0.05, 0) is 49.4 Å². The fourth-order valence-electron chi connectivity index (χ4n) is 3.16. The van der Waals surface area contributed by atoms with Gasteiger partial charge in [0.25, 0.3) is 0 Å². The van der Waals surface area contributed by atoms with Crippen LogP contribution >= 0.6 is 11.6 Å². The lowest BCUT2D eigenvalue weighted by atomic mass is 10.1. The molecule has 24 heavy (non-hydrogen) atoms. The zero-order valence-corrected chi connectivity index (χ0v) is 14.9. The number of carbonyl (C=O) groups is 1. The SMILES string of the molecule is Cc1cnn(CC(=O)NC[C@@H]2CCN(c3cc(Cl)ccc3C)C2)c1. The average Bonchev–Trinajstić information content (AvgIpc) is 3.17. The van der Waals surface area contributed by atoms with Gasteiger partial charge in [0.2, 0.25) is 5.91 Å². The van der Waals surface area contributed by atoms with Crippen LogP contribution in [0, 0.1) is 19.8 Å². The molecule has 1 N–H and O–H groups in total. The van der Waals surface area contributed by atoms with E-state index in [4.69, 9.17) is 11.6 Å². The van der Waals surface area contributed by atoms with Crippen LogP contribution < -0.4 is 10.2 Å². The maximum atomic E-state index is 12.0. The summed E-state index contributed by atoms with van der Waals surface area (Å²) in [5.74, 6) is 0.474. The molecule has 6 heteroatoms. The summed E-state index contributed by atoms with van der Waals surface area (Å²) in [6.45, 7) is 6.99. The highest BCUT2D eigenvalue weighted by Gasteiger charge is 2.24. The molecule has 1 amide bonds. The molecule has 0 spiro atoms. The standard InChI is InChI=1S/C18H23ClN4O/c1-13-8-21-23(10-13)12-18(24)20-9-15-5-6-22(11-15)17-7-16(19)4-3-14(17)2/h3-4,7-8,10,15H,5-6,9,11-12H2,1-2H3,(H,20,24)/t15-/m0/s1. The number of hydrogen-bond donors (Lipinski definition) is 1. The van der Waals surface area contributed by atoms with E-state index in [-0.39, 0.29) is 12.5 Å². The summed E-state index contributed by atoms with van der Waals surface area (Å²) in [4.78, 5) is 14.4. The molecule has 1 atom stereocenters. The lowest BCUT2D eigenvalue weighted by molar-refractivity contribution is -0.122. The number of amides is 1. The first-order valence-electron chi connectivity index (χ1n) is 8.28. The number of hydrogen-bond acceptors (Lipinski definition) is 3. The van der Waals surface area contributed by atoms with Crippen LogP contribution in [0.2, 0.25) is 5.02 Å². The van der Waals surface area contributed by atoms with Crippen LogP contribution in [-0.4, -0.2) is 35.3 Å². The van der Waals surface area contributed by atoms with Crippen LogP contribution in [0.5, 0.6) is 0 Å². The summed E-state index contributed by atoms with van der Waals surface area (Å²) in [5.41, 5.74) is 3.49. The van der Waals surface area contributed by atoms with Crippen molar-refractivity contribution in [3.8, 4) is 0 Å². The lowest BCUT2D eigenvalue weighted by Crippen LogP contribution is -2.33. The summed E-state index contributed by atoms with van der Waals surface area (Å²) in [6, 6.07) is 6.00. The molecule has 2 heterocycles. The van der Waals surface area contributed by atoms with Crippen molar-refractivity contribution in [2.24, 2.45) is 5.92 Å². The van der Waals surface area contributed by atoms with Gasteiger partial charge < -0.3 is 10.2 Å². The van der Waals surface area contributed by atoms with Crippen LogP contribution in [-0.2, 0) is 11.3 Å². The minimum absolute atomic E-state index is 0.00971. The van der Waals surface area contributed by atoms with E-state index in [1.807, 2.05) is 25.3 Å². The lowest BCUT2D eigenvalue weighted by Gasteiger charge is -2.21. The zero-order valence-electron chi connectivity index (χ0n) is 14.1. The van der Waals surface area contributed by atoms with Gasteiger partial charge in [0.15, 0.2) is 0 Å². The maximum Gasteiger partial charge on any atom is 0.241 e. The van der Waals surface area contributed by atoms with Crippen molar-refractivity contribution in [1.29, 1.82) is 0 Å².